The lowest BCUT2D eigenvalue weighted by molar-refractivity contribution is -0.128. The number of benzene rings is 1. The molecule has 0 aliphatic carbocycles. The lowest BCUT2D eigenvalue weighted by Gasteiger charge is -2.16. The van der Waals surface area contributed by atoms with Gasteiger partial charge < -0.3 is 15.4 Å². The van der Waals surface area contributed by atoms with Gasteiger partial charge in [0, 0.05) is 33.1 Å². The molecule has 0 bridgehead atoms. The summed E-state index contributed by atoms with van der Waals surface area (Å²) in [4.78, 5) is 63.7. The number of amides is 1. The number of ketones is 1. The average Bonchev–Trinajstić information content (AvgIpc) is 3.18. The number of esters is 1. The standard InChI is InChI=1S/C23H28N4O6/c1-14(2)11-27-20(24)19(21(30)25(3)23(27)32)17(28)13-33-22(31)16-7-4-6-15(10-16)12-26-9-5-8-18(26)29/h4,6-7,10,14H,5,8-9,11-13,24H2,1-3H3. The van der Waals surface area contributed by atoms with Gasteiger partial charge in [-0.25, -0.2) is 9.59 Å². The van der Waals surface area contributed by atoms with Crippen LogP contribution >= 0.6 is 0 Å². The van der Waals surface area contributed by atoms with Crippen molar-refractivity contribution >= 4 is 23.5 Å². The summed E-state index contributed by atoms with van der Waals surface area (Å²) in [6.07, 6.45) is 1.34. The Labute approximate surface area is 190 Å². The number of likely N-dealkylation sites (tertiary alicyclic amines) is 1. The van der Waals surface area contributed by atoms with Crippen LogP contribution in [-0.4, -0.2) is 44.8 Å². The summed E-state index contributed by atoms with van der Waals surface area (Å²) >= 11 is 0. The van der Waals surface area contributed by atoms with Gasteiger partial charge in [-0.05, 0) is 30.0 Å². The molecule has 2 aromatic rings. The minimum Gasteiger partial charge on any atom is -0.454 e. The third kappa shape index (κ3) is 5.21. The van der Waals surface area contributed by atoms with Crippen LogP contribution in [0.15, 0.2) is 33.9 Å². The second-order valence-corrected chi connectivity index (χ2v) is 8.53. The fraction of sp³-hybridized carbons (Fsp3) is 0.435. The summed E-state index contributed by atoms with van der Waals surface area (Å²) in [5, 5.41) is 0. The van der Waals surface area contributed by atoms with Gasteiger partial charge in [-0.15, -0.1) is 0 Å². The predicted molar refractivity (Wildman–Crippen MR) is 121 cm³/mol. The molecule has 33 heavy (non-hydrogen) atoms. The Morgan fingerprint density at radius 2 is 1.91 bits per heavy atom. The molecular formula is C23H28N4O6. The van der Waals surface area contributed by atoms with Gasteiger partial charge in [-0.3, -0.25) is 23.5 Å². The van der Waals surface area contributed by atoms with Gasteiger partial charge in [-0.2, -0.15) is 0 Å². The fourth-order valence-electron chi connectivity index (χ4n) is 3.76. The van der Waals surface area contributed by atoms with Crippen molar-refractivity contribution in [1.82, 2.24) is 14.0 Å². The SMILES string of the molecule is CC(C)Cn1c(N)c(C(=O)COC(=O)c2cccc(CN3CCCC3=O)c2)c(=O)n(C)c1=O. The van der Waals surface area contributed by atoms with E-state index >= 15 is 0 Å². The van der Waals surface area contributed by atoms with Gasteiger partial charge in [0.25, 0.3) is 5.56 Å². The maximum Gasteiger partial charge on any atom is 0.338 e. The summed E-state index contributed by atoms with van der Waals surface area (Å²) in [5.41, 5.74) is 5.14. The molecule has 1 aliphatic rings. The van der Waals surface area contributed by atoms with Crippen LogP contribution in [0.2, 0.25) is 0 Å². The van der Waals surface area contributed by atoms with Gasteiger partial charge >= 0.3 is 11.7 Å². The van der Waals surface area contributed by atoms with Gasteiger partial charge in [-0.1, -0.05) is 26.0 Å². The van der Waals surface area contributed by atoms with Crippen molar-refractivity contribution in [3.05, 3.63) is 61.8 Å². The van der Waals surface area contributed by atoms with Crippen LogP contribution in [0.3, 0.4) is 0 Å². The van der Waals surface area contributed by atoms with E-state index in [4.69, 9.17) is 10.5 Å². The molecule has 1 aliphatic heterocycles. The molecule has 0 saturated carbocycles. The molecule has 1 amide bonds. The first-order valence-corrected chi connectivity index (χ1v) is 10.8. The van der Waals surface area contributed by atoms with Crippen molar-refractivity contribution in [3.63, 3.8) is 0 Å². The Balaban J connectivity index is 1.75. The van der Waals surface area contributed by atoms with E-state index in [0.29, 0.717) is 19.5 Å². The zero-order chi connectivity index (χ0) is 24.3. The number of hydrogen-bond donors (Lipinski definition) is 1. The van der Waals surface area contributed by atoms with E-state index < -0.39 is 29.6 Å². The lowest BCUT2D eigenvalue weighted by Crippen LogP contribution is -2.43. The maximum absolute atomic E-state index is 12.7. The van der Waals surface area contributed by atoms with E-state index in [0.717, 1.165) is 16.6 Å². The van der Waals surface area contributed by atoms with Gasteiger partial charge in [0.1, 0.15) is 11.4 Å². The van der Waals surface area contributed by atoms with E-state index in [1.807, 2.05) is 13.8 Å². The highest BCUT2D eigenvalue weighted by Crippen LogP contribution is 2.16. The minimum absolute atomic E-state index is 0.0476. The number of Topliss-reactive ketones (excluding diaryl/α,β-unsaturated/α-hetero) is 1. The molecule has 10 nitrogen and oxygen atoms in total. The highest BCUT2D eigenvalue weighted by Gasteiger charge is 2.24. The number of carbonyl (C=O) groups is 3. The molecule has 1 aromatic heterocycles. The number of carbonyl (C=O) groups excluding carboxylic acids is 3. The monoisotopic (exact) mass is 456 g/mol. The van der Waals surface area contributed by atoms with Crippen LogP contribution in [0.4, 0.5) is 5.82 Å². The van der Waals surface area contributed by atoms with Crippen molar-refractivity contribution in [1.29, 1.82) is 0 Å². The number of nitrogens with two attached hydrogens (primary N) is 1. The number of hydrogen-bond acceptors (Lipinski definition) is 7. The molecule has 0 unspecified atom stereocenters. The van der Waals surface area contributed by atoms with E-state index in [9.17, 15) is 24.0 Å². The summed E-state index contributed by atoms with van der Waals surface area (Å²) in [6.45, 7) is 4.33. The molecule has 2 N–H and O–H groups in total. The highest BCUT2D eigenvalue weighted by atomic mass is 16.5. The van der Waals surface area contributed by atoms with E-state index in [1.54, 1.807) is 23.1 Å². The molecule has 3 rings (SSSR count). The maximum atomic E-state index is 12.7. The van der Waals surface area contributed by atoms with Crippen LogP contribution in [0, 0.1) is 5.92 Å². The molecule has 2 heterocycles. The molecule has 1 aromatic carbocycles. The number of nitrogen functional groups attached to an aromatic ring is 1. The summed E-state index contributed by atoms with van der Waals surface area (Å²) in [6, 6.07) is 6.62. The third-order valence-electron chi connectivity index (χ3n) is 5.45. The largest absolute Gasteiger partial charge is 0.454 e. The normalized spacial score (nSPS) is 13.6. The molecule has 176 valence electrons. The number of nitrogens with zero attached hydrogens (tertiary/aromatic N) is 3. The Morgan fingerprint density at radius 3 is 2.55 bits per heavy atom. The molecule has 0 atom stereocenters. The first-order chi connectivity index (χ1) is 15.6. The van der Waals surface area contributed by atoms with Gasteiger partial charge in [0.15, 0.2) is 6.61 Å². The Hall–Kier alpha value is -3.69. The fourth-order valence-corrected chi connectivity index (χ4v) is 3.76. The van der Waals surface area contributed by atoms with Crippen LogP contribution in [0.25, 0.3) is 0 Å². The number of aromatic nitrogens is 2. The summed E-state index contributed by atoms with van der Waals surface area (Å²) in [5.74, 6) is -1.66. The topological polar surface area (TPSA) is 134 Å². The van der Waals surface area contributed by atoms with Crippen molar-refractivity contribution < 1.29 is 19.1 Å². The van der Waals surface area contributed by atoms with Gasteiger partial charge in [0.05, 0.1) is 5.56 Å². The lowest BCUT2D eigenvalue weighted by atomic mass is 10.1. The summed E-state index contributed by atoms with van der Waals surface area (Å²) in [7, 11) is 1.26. The molecule has 10 heteroatoms. The molecule has 0 spiro atoms. The van der Waals surface area contributed by atoms with Crippen LogP contribution in [0.1, 0.15) is 53.0 Å². The number of anilines is 1. The smallest absolute Gasteiger partial charge is 0.338 e. The van der Waals surface area contributed by atoms with Crippen molar-refractivity contribution in [2.45, 2.75) is 39.8 Å². The number of rotatable bonds is 8. The highest BCUT2D eigenvalue weighted by molar-refractivity contribution is 6.02. The Kier molecular flexibility index (Phi) is 7.15. The van der Waals surface area contributed by atoms with Crippen LogP contribution < -0.4 is 17.0 Å². The van der Waals surface area contributed by atoms with E-state index in [1.165, 1.54) is 17.7 Å². The van der Waals surface area contributed by atoms with Crippen molar-refractivity contribution in [2.24, 2.45) is 13.0 Å². The van der Waals surface area contributed by atoms with Crippen molar-refractivity contribution in [2.75, 3.05) is 18.9 Å². The zero-order valence-electron chi connectivity index (χ0n) is 19.0. The van der Waals surface area contributed by atoms with Crippen molar-refractivity contribution in [3.8, 4) is 0 Å². The van der Waals surface area contributed by atoms with Crippen LogP contribution in [0.5, 0.6) is 0 Å². The molecule has 0 radical (unpaired) electrons. The molecule has 1 fully saturated rings. The van der Waals surface area contributed by atoms with Gasteiger partial charge in [0.2, 0.25) is 11.7 Å². The number of ether oxygens (including phenoxy) is 1. The minimum atomic E-state index is -0.837. The Morgan fingerprint density at radius 1 is 1.18 bits per heavy atom. The summed E-state index contributed by atoms with van der Waals surface area (Å²) < 4.78 is 7.12. The first-order valence-electron chi connectivity index (χ1n) is 10.8. The van der Waals surface area contributed by atoms with Crippen LogP contribution in [-0.2, 0) is 29.7 Å². The average molecular weight is 456 g/mol. The third-order valence-corrected chi connectivity index (χ3v) is 5.45. The van der Waals surface area contributed by atoms with E-state index in [-0.39, 0.29) is 35.3 Å². The molecular weight excluding hydrogens is 428 g/mol. The van der Waals surface area contributed by atoms with E-state index in [2.05, 4.69) is 0 Å². The second kappa shape index (κ2) is 9.85. The Bertz CT molecular complexity index is 1210. The molecule has 1 saturated heterocycles. The second-order valence-electron chi connectivity index (χ2n) is 8.53. The first kappa shape index (κ1) is 24.0. The predicted octanol–water partition coefficient (Wildman–Crippen LogP) is 0.947. The zero-order valence-corrected chi connectivity index (χ0v) is 19.0. The quantitative estimate of drug-likeness (QED) is 0.462.